The van der Waals surface area contributed by atoms with Crippen LogP contribution in [0.1, 0.15) is 31.4 Å². The Morgan fingerprint density at radius 3 is 2.39 bits per heavy atom. The molecule has 2 rings (SSSR count). The van der Waals surface area contributed by atoms with Gasteiger partial charge in [0.15, 0.2) is 0 Å². The largest absolute Gasteiger partial charge is 0.494 e. The number of benzene rings is 2. The van der Waals surface area contributed by atoms with E-state index in [0.29, 0.717) is 18.0 Å². The van der Waals surface area contributed by atoms with E-state index < -0.39 is 17.6 Å². The van der Waals surface area contributed by atoms with Crippen molar-refractivity contribution >= 4 is 23.2 Å². The molecule has 0 spiro atoms. The van der Waals surface area contributed by atoms with Crippen LogP contribution in [-0.4, -0.2) is 37.0 Å². The van der Waals surface area contributed by atoms with E-state index in [0.717, 1.165) is 44.3 Å². The fourth-order valence-electron chi connectivity index (χ4n) is 2.73. The number of nitrogens with one attached hydrogen (secondary N) is 1. The summed E-state index contributed by atoms with van der Waals surface area (Å²) in [5.74, 6) is 4.90. The van der Waals surface area contributed by atoms with Crippen LogP contribution in [0.5, 0.6) is 5.75 Å². The van der Waals surface area contributed by atoms with Gasteiger partial charge in [0.2, 0.25) is 0 Å². The van der Waals surface area contributed by atoms with Crippen LogP contribution in [0, 0.1) is 11.8 Å². The molecule has 166 valence electrons. The van der Waals surface area contributed by atoms with Crippen LogP contribution in [0.2, 0.25) is 5.02 Å². The first kappa shape index (κ1) is 24.6. The van der Waals surface area contributed by atoms with Crippen LogP contribution in [-0.2, 0) is 11.0 Å². The fourth-order valence-corrected chi connectivity index (χ4v) is 2.96. The van der Waals surface area contributed by atoms with E-state index in [-0.39, 0.29) is 10.6 Å². The van der Waals surface area contributed by atoms with Gasteiger partial charge in [-0.25, -0.2) is 0 Å². The minimum atomic E-state index is -4.49. The molecule has 0 fully saturated rings. The van der Waals surface area contributed by atoms with E-state index in [2.05, 4.69) is 35.9 Å². The zero-order valence-electron chi connectivity index (χ0n) is 17.4. The van der Waals surface area contributed by atoms with Gasteiger partial charge in [0.05, 0.1) is 17.2 Å². The summed E-state index contributed by atoms with van der Waals surface area (Å²) in [4.78, 5) is 14.3. The Morgan fingerprint density at radius 2 is 1.81 bits per heavy atom. The molecule has 4 nitrogen and oxygen atoms in total. The molecule has 0 radical (unpaired) electrons. The van der Waals surface area contributed by atoms with Crippen molar-refractivity contribution in [3.05, 3.63) is 58.6 Å². The van der Waals surface area contributed by atoms with E-state index >= 15 is 0 Å². The molecule has 0 saturated heterocycles. The summed E-state index contributed by atoms with van der Waals surface area (Å²) in [6.07, 6.45) is -3.57. The number of nitrogens with zero attached hydrogens (tertiary/aromatic N) is 1. The van der Waals surface area contributed by atoms with Gasteiger partial charge in [0.1, 0.15) is 5.75 Å². The van der Waals surface area contributed by atoms with Crippen molar-refractivity contribution in [3.8, 4) is 17.6 Å². The molecule has 0 aliphatic heterocycles. The number of hydrogen-bond donors (Lipinski definition) is 1. The quantitative estimate of drug-likeness (QED) is 0.427. The SMILES string of the molecule is CCN(CC)CCCOc1ccc(NC(=O)C#Cc2ccc(C(F)(F)F)cc2Cl)cc1. The van der Waals surface area contributed by atoms with Crippen molar-refractivity contribution in [3.63, 3.8) is 0 Å². The zero-order valence-corrected chi connectivity index (χ0v) is 18.1. The average Bonchev–Trinajstić information content (AvgIpc) is 2.73. The topological polar surface area (TPSA) is 41.6 Å². The van der Waals surface area contributed by atoms with Gasteiger partial charge in [0.25, 0.3) is 0 Å². The highest BCUT2D eigenvalue weighted by Crippen LogP contribution is 2.31. The average molecular weight is 453 g/mol. The van der Waals surface area contributed by atoms with Crippen LogP contribution in [0.25, 0.3) is 0 Å². The molecule has 0 saturated carbocycles. The lowest BCUT2D eigenvalue weighted by atomic mass is 10.1. The smallest absolute Gasteiger partial charge is 0.416 e. The second-order valence-electron chi connectivity index (χ2n) is 6.65. The standard InChI is InChI=1S/C23H24ClF3N2O2/c1-3-29(4-2)14-5-15-31-20-11-9-19(10-12-20)28-22(30)13-7-17-6-8-18(16-21(17)24)23(25,26)27/h6,8-12,16H,3-5,14-15H2,1-2H3,(H,28,30). The molecule has 1 N–H and O–H groups in total. The summed E-state index contributed by atoms with van der Waals surface area (Å²) < 4.78 is 43.7. The van der Waals surface area contributed by atoms with Crippen LogP contribution >= 0.6 is 11.6 Å². The molecule has 0 aliphatic carbocycles. The Morgan fingerprint density at radius 1 is 1.13 bits per heavy atom. The number of carbonyl (C=O) groups is 1. The summed E-state index contributed by atoms with van der Waals surface area (Å²) in [6.45, 7) is 7.85. The molecular formula is C23H24ClF3N2O2. The van der Waals surface area contributed by atoms with Gasteiger partial charge in [-0.05, 0) is 62.0 Å². The lowest BCUT2D eigenvalue weighted by Crippen LogP contribution is -2.25. The van der Waals surface area contributed by atoms with Crippen LogP contribution in [0.15, 0.2) is 42.5 Å². The molecule has 0 aliphatic rings. The first-order chi connectivity index (χ1) is 14.7. The Hall–Kier alpha value is -2.69. The third kappa shape index (κ3) is 8.16. The zero-order chi connectivity index (χ0) is 22.9. The second kappa shape index (κ2) is 11.6. The first-order valence-electron chi connectivity index (χ1n) is 9.88. The van der Waals surface area contributed by atoms with Crippen LogP contribution in [0.4, 0.5) is 18.9 Å². The first-order valence-corrected chi connectivity index (χ1v) is 10.3. The van der Waals surface area contributed by atoms with Gasteiger partial charge in [0, 0.05) is 23.7 Å². The maximum Gasteiger partial charge on any atom is 0.416 e. The highest BCUT2D eigenvalue weighted by atomic mass is 35.5. The summed E-state index contributed by atoms with van der Waals surface area (Å²) in [7, 11) is 0. The van der Waals surface area contributed by atoms with Gasteiger partial charge >= 0.3 is 12.1 Å². The number of rotatable bonds is 8. The normalized spacial score (nSPS) is 11.1. The minimum absolute atomic E-state index is 0.137. The second-order valence-corrected chi connectivity index (χ2v) is 7.06. The van der Waals surface area contributed by atoms with Gasteiger partial charge in [-0.2, -0.15) is 13.2 Å². The maximum absolute atomic E-state index is 12.7. The Balaban J connectivity index is 1.87. The van der Waals surface area contributed by atoms with Crippen LogP contribution < -0.4 is 10.1 Å². The monoisotopic (exact) mass is 452 g/mol. The predicted octanol–water partition coefficient (Wildman–Crippen LogP) is 5.46. The van der Waals surface area contributed by atoms with E-state index in [4.69, 9.17) is 16.3 Å². The molecule has 0 unspecified atom stereocenters. The van der Waals surface area contributed by atoms with Crippen molar-refractivity contribution < 1.29 is 22.7 Å². The molecular weight excluding hydrogens is 429 g/mol. The number of amides is 1. The van der Waals surface area contributed by atoms with E-state index in [1.54, 1.807) is 24.3 Å². The van der Waals surface area contributed by atoms with E-state index in [9.17, 15) is 18.0 Å². The maximum atomic E-state index is 12.7. The molecule has 8 heteroatoms. The number of anilines is 1. The highest BCUT2D eigenvalue weighted by Gasteiger charge is 2.30. The van der Waals surface area contributed by atoms with E-state index in [1.165, 1.54) is 0 Å². The predicted molar refractivity (Wildman–Crippen MR) is 116 cm³/mol. The summed E-state index contributed by atoms with van der Waals surface area (Å²) >= 11 is 5.83. The van der Waals surface area contributed by atoms with Crippen molar-refractivity contribution in [1.82, 2.24) is 4.90 Å². The Kier molecular flexibility index (Phi) is 9.22. The van der Waals surface area contributed by atoms with Crippen molar-refractivity contribution in [2.45, 2.75) is 26.4 Å². The van der Waals surface area contributed by atoms with E-state index in [1.807, 2.05) is 0 Å². The Bertz CT molecular complexity index is 931. The number of ether oxygens (including phenoxy) is 1. The van der Waals surface area contributed by atoms with Crippen LogP contribution in [0.3, 0.4) is 0 Å². The molecule has 31 heavy (non-hydrogen) atoms. The molecule has 0 heterocycles. The molecule has 0 aromatic heterocycles. The van der Waals surface area contributed by atoms with Gasteiger partial charge in [-0.15, -0.1) is 0 Å². The Labute approximate surface area is 185 Å². The fraction of sp³-hybridized carbons (Fsp3) is 0.348. The molecule has 2 aromatic rings. The minimum Gasteiger partial charge on any atom is -0.494 e. The molecule has 1 amide bonds. The molecule has 2 aromatic carbocycles. The lowest BCUT2D eigenvalue weighted by molar-refractivity contribution is -0.137. The van der Waals surface area contributed by atoms with Crippen molar-refractivity contribution in [2.75, 3.05) is 31.6 Å². The number of alkyl halides is 3. The molecule has 0 bridgehead atoms. The number of carbonyl (C=O) groups excluding carboxylic acids is 1. The summed E-state index contributed by atoms with van der Waals surface area (Å²) in [5, 5.41) is 2.43. The third-order valence-electron chi connectivity index (χ3n) is 4.50. The summed E-state index contributed by atoms with van der Waals surface area (Å²) in [5.41, 5.74) is -0.213. The van der Waals surface area contributed by atoms with Crippen molar-refractivity contribution in [2.24, 2.45) is 0 Å². The van der Waals surface area contributed by atoms with Crippen molar-refractivity contribution in [1.29, 1.82) is 0 Å². The molecule has 0 atom stereocenters. The summed E-state index contributed by atoms with van der Waals surface area (Å²) in [6, 6.07) is 9.64. The van der Waals surface area contributed by atoms with Gasteiger partial charge < -0.3 is 15.0 Å². The number of halogens is 4. The third-order valence-corrected chi connectivity index (χ3v) is 4.81. The van der Waals surface area contributed by atoms with Gasteiger partial charge in [-0.3, -0.25) is 4.79 Å². The van der Waals surface area contributed by atoms with Gasteiger partial charge in [-0.1, -0.05) is 31.4 Å². The number of hydrogen-bond acceptors (Lipinski definition) is 3. The lowest BCUT2D eigenvalue weighted by Gasteiger charge is -2.17. The highest BCUT2D eigenvalue weighted by molar-refractivity contribution is 6.31.